The van der Waals surface area contributed by atoms with E-state index in [-0.39, 0.29) is 0 Å². The van der Waals surface area contributed by atoms with Crippen molar-refractivity contribution in [2.45, 2.75) is 57.0 Å². The summed E-state index contributed by atoms with van der Waals surface area (Å²) in [6, 6.07) is 21.7. The van der Waals surface area contributed by atoms with Gasteiger partial charge in [-0.1, -0.05) is 60.7 Å². The van der Waals surface area contributed by atoms with E-state index in [0.29, 0.717) is 5.41 Å². The average molecular weight is 322 g/mol. The molecule has 128 valence electrons. The predicted octanol–water partition coefficient (Wildman–Crippen LogP) is 4.43. The summed E-state index contributed by atoms with van der Waals surface area (Å²) in [6.45, 7) is 0. The molecule has 0 unspecified atom stereocenters. The molecule has 0 aromatic heterocycles. The van der Waals surface area contributed by atoms with E-state index < -0.39 is 5.66 Å². The molecule has 1 fully saturated rings. The van der Waals surface area contributed by atoms with Crippen molar-refractivity contribution in [2.24, 2.45) is 16.9 Å². The lowest BCUT2D eigenvalue weighted by Gasteiger charge is -2.44. The molecule has 0 bridgehead atoms. The number of aryl methyl sites for hydroxylation is 2. The smallest absolute Gasteiger partial charge is 0.0637 e. The van der Waals surface area contributed by atoms with Gasteiger partial charge in [0.05, 0.1) is 5.66 Å². The lowest BCUT2D eigenvalue weighted by molar-refractivity contribution is 0.110. The van der Waals surface area contributed by atoms with E-state index >= 15 is 0 Å². The Hall–Kier alpha value is -1.64. The van der Waals surface area contributed by atoms with E-state index in [4.69, 9.17) is 11.5 Å². The van der Waals surface area contributed by atoms with Gasteiger partial charge in [0.25, 0.3) is 0 Å². The van der Waals surface area contributed by atoms with Crippen molar-refractivity contribution in [3.8, 4) is 0 Å². The quantitative estimate of drug-likeness (QED) is 0.773. The molecule has 1 aliphatic rings. The third-order valence-corrected chi connectivity index (χ3v) is 5.82. The summed E-state index contributed by atoms with van der Waals surface area (Å²) in [6.07, 6.45) is 8.96. The highest BCUT2D eigenvalue weighted by atomic mass is 15.0. The topological polar surface area (TPSA) is 52.0 Å². The Labute approximate surface area is 146 Å². The van der Waals surface area contributed by atoms with Crippen LogP contribution in [0.4, 0.5) is 0 Å². The summed E-state index contributed by atoms with van der Waals surface area (Å²) in [7, 11) is 0. The van der Waals surface area contributed by atoms with Crippen LogP contribution in [0.1, 0.15) is 49.7 Å². The van der Waals surface area contributed by atoms with Crippen molar-refractivity contribution in [3.05, 3.63) is 71.8 Å². The zero-order valence-corrected chi connectivity index (χ0v) is 14.6. The molecular weight excluding hydrogens is 292 g/mol. The minimum absolute atomic E-state index is 0.383. The van der Waals surface area contributed by atoms with Crippen LogP contribution >= 0.6 is 0 Å². The number of nitrogens with two attached hydrogens (primary N) is 2. The number of hydrogen-bond acceptors (Lipinski definition) is 2. The van der Waals surface area contributed by atoms with Crippen molar-refractivity contribution in [1.82, 2.24) is 0 Å². The molecule has 2 nitrogen and oxygen atoms in total. The normalized spacial score (nSPS) is 19.1. The molecular formula is C22H30N2. The van der Waals surface area contributed by atoms with Crippen molar-refractivity contribution in [2.75, 3.05) is 0 Å². The van der Waals surface area contributed by atoms with Gasteiger partial charge < -0.3 is 11.5 Å². The predicted molar refractivity (Wildman–Crippen MR) is 102 cm³/mol. The van der Waals surface area contributed by atoms with E-state index in [1.54, 1.807) is 0 Å². The van der Waals surface area contributed by atoms with Gasteiger partial charge in [-0.15, -0.1) is 0 Å². The zero-order chi connectivity index (χ0) is 16.9. The fourth-order valence-electron chi connectivity index (χ4n) is 3.98. The minimum Gasteiger partial charge on any atom is -0.313 e. The van der Waals surface area contributed by atoms with Crippen LogP contribution in [-0.2, 0) is 12.8 Å². The van der Waals surface area contributed by atoms with Crippen molar-refractivity contribution >= 4 is 0 Å². The van der Waals surface area contributed by atoms with Crippen LogP contribution in [0.25, 0.3) is 0 Å². The Kier molecular flexibility index (Phi) is 5.37. The molecule has 0 saturated heterocycles. The van der Waals surface area contributed by atoms with E-state index in [9.17, 15) is 0 Å². The van der Waals surface area contributed by atoms with Crippen LogP contribution in [-0.4, -0.2) is 5.66 Å². The molecule has 0 aliphatic heterocycles. The van der Waals surface area contributed by atoms with E-state index in [1.165, 1.54) is 24.0 Å². The van der Waals surface area contributed by atoms with Crippen molar-refractivity contribution in [1.29, 1.82) is 0 Å². The highest BCUT2D eigenvalue weighted by Crippen LogP contribution is 2.45. The van der Waals surface area contributed by atoms with Crippen LogP contribution in [0.2, 0.25) is 0 Å². The van der Waals surface area contributed by atoms with Gasteiger partial charge in [0.2, 0.25) is 0 Å². The molecule has 2 aromatic rings. The van der Waals surface area contributed by atoms with Gasteiger partial charge in [0, 0.05) is 0 Å². The summed E-state index contributed by atoms with van der Waals surface area (Å²) < 4.78 is 0. The van der Waals surface area contributed by atoms with Crippen LogP contribution in [0.5, 0.6) is 0 Å². The first-order valence-corrected chi connectivity index (χ1v) is 9.23. The minimum atomic E-state index is -0.455. The average Bonchev–Trinajstić information content (AvgIpc) is 2.62. The highest BCUT2D eigenvalue weighted by molar-refractivity contribution is 5.17. The highest BCUT2D eigenvalue weighted by Gasteiger charge is 2.38. The first kappa shape index (κ1) is 17.2. The standard InChI is InChI=1S/C22H30N2/c23-22(24)17-15-21(16-18-22,13-11-19-7-3-1-4-8-19)14-12-20-9-5-2-6-10-20/h1-10H,11-18,23-24H2. The summed E-state index contributed by atoms with van der Waals surface area (Å²) in [5.41, 5.74) is 15.2. The monoisotopic (exact) mass is 322 g/mol. The lowest BCUT2D eigenvalue weighted by Crippen LogP contribution is -2.53. The fourth-order valence-corrected chi connectivity index (χ4v) is 3.98. The van der Waals surface area contributed by atoms with Crippen LogP contribution < -0.4 is 11.5 Å². The third kappa shape index (κ3) is 4.68. The first-order valence-electron chi connectivity index (χ1n) is 9.23. The van der Waals surface area contributed by atoms with Crippen molar-refractivity contribution in [3.63, 3.8) is 0 Å². The van der Waals surface area contributed by atoms with Gasteiger partial charge in [0.1, 0.15) is 0 Å². The molecule has 4 N–H and O–H groups in total. The summed E-state index contributed by atoms with van der Waals surface area (Å²) in [4.78, 5) is 0. The van der Waals surface area contributed by atoms with Gasteiger partial charge in [0.15, 0.2) is 0 Å². The fraction of sp³-hybridized carbons (Fsp3) is 0.455. The lowest BCUT2D eigenvalue weighted by atomic mass is 9.65. The van der Waals surface area contributed by atoms with Crippen LogP contribution in [0.15, 0.2) is 60.7 Å². The molecule has 1 aliphatic carbocycles. The molecule has 2 heteroatoms. The molecule has 24 heavy (non-hydrogen) atoms. The molecule has 1 saturated carbocycles. The van der Waals surface area contributed by atoms with Gasteiger partial charge in [-0.2, -0.15) is 0 Å². The Bertz CT molecular complexity index is 563. The summed E-state index contributed by atoms with van der Waals surface area (Å²) >= 11 is 0. The second-order valence-electron chi connectivity index (χ2n) is 7.70. The molecule has 0 radical (unpaired) electrons. The maximum Gasteiger partial charge on any atom is 0.0637 e. The summed E-state index contributed by atoms with van der Waals surface area (Å²) in [5, 5.41) is 0. The van der Waals surface area contributed by atoms with E-state index in [1.807, 2.05) is 0 Å². The second-order valence-corrected chi connectivity index (χ2v) is 7.70. The maximum absolute atomic E-state index is 6.19. The maximum atomic E-state index is 6.19. The van der Waals surface area contributed by atoms with Crippen LogP contribution in [0.3, 0.4) is 0 Å². The molecule has 0 spiro atoms. The second kappa shape index (κ2) is 7.50. The Balaban J connectivity index is 1.66. The van der Waals surface area contributed by atoms with Gasteiger partial charge in [-0.05, 0) is 67.9 Å². The SMILES string of the molecule is NC1(N)CCC(CCc2ccccc2)(CCc2ccccc2)CC1. The number of benzene rings is 2. The van der Waals surface area contributed by atoms with Gasteiger partial charge >= 0.3 is 0 Å². The molecule has 0 heterocycles. The van der Waals surface area contributed by atoms with Crippen LogP contribution in [0, 0.1) is 5.41 Å². The Morgan fingerprint density at radius 2 is 1.04 bits per heavy atom. The van der Waals surface area contributed by atoms with Crippen molar-refractivity contribution < 1.29 is 0 Å². The largest absolute Gasteiger partial charge is 0.313 e. The molecule has 0 amide bonds. The van der Waals surface area contributed by atoms with E-state index in [0.717, 1.165) is 38.5 Å². The van der Waals surface area contributed by atoms with Gasteiger partial charge in [-0.3, -0.25) is 0 Å². The molecule has 0 atom stereocenters. The Morgan fingerprint density at radius 1 is 0.625 bits per heavy atom. The number of hydrogen-bond donors (Lipinski definition) is 2. The molecule has 2 aromatic carbocycles. The Morgan fingerprint density at radius 3 is 1.46 bits per heavy atom. The zero-order valence-electron chi connectivity index (χ0n) is 14.6. The van der Waals surface area contributed by atoms with E-state index in [2.05, 4.69) is 60.7 Å². The third-order valence-electron chi connectivity index (χ3n) is 5.82. The van der Waals surface area contributed by atoms with Gasteiger partial charge in [-0.25, -0.2) is 0 Å². The molecule has 3 rings (SSSR count). The first-order chi connectivity index (χ1) is 11.6. The number of rotatable bonds is 6. The summed E-state index contributed by atoms with van der Waals surface area (Å²) in [5.74, 6) is 0.